The lowest BCUT2D eigenvalue weighted by Gasteiger charge is -2.09. The van der Waals surface area contributed by atoms with Crippen molar-refractivity contribution in [3.63, 3.8) is 0 Å². The first kappa shape index (κ1) is 20.3. The van der Waals surface area contributed by atoms with Gasteiger partial charge in [-0.1, -0.05) is 24.3 Å². The van der Waals surface area contributed by atoms with Gasteiger partial charge in [-0.3, -0.25) is 4.79 Å². The Balaban J connectivity index is 1.79. The number of nitrogens with zero attached hydrogens (tertiary/aromatic N) is 2. The predicted octanol–water partition coefficient (Wildman–Crippen LogP) is 3.26. The number of esters is 1. The second-order valence-corrected chi connectivity index (χ2v) is 6.46. The molecule has 0 unspecified atom stereocenters. The van der Waals surface area contributed by atoms with Crippen molar-refractivity contribution in [1.29, 1.82) is 0 Å². The lowest BCUT2D eigenvalue weighted by Crippen LogP contribution is -2.12. The van der Waals surface area contributed by atoms with Crippen molar-refractivity contribution in [2.75, 3.05) is 21.3 Å². The molecule has 0 atom stereocenters. The largest absolute Gasteiger partial charge is 0.493 e. The molecule has 0 bridgehead atoms. The molecule has 0 aliphatic rings. The van der Waals surface area contributed by atoms with Crippen molar-refractivity contribution >= 4 is 23.1 Å². The topological polar surface area (TPSA) is 74.1 Å². The molecule has 0 fully saturated rings. The molecule has 0 aliphatic carbocycles. The van der Waals surface area contributed by atoms with Crippen LogP contribution in [0, 0.1) is 6.92 Å². The number of benzene rings is 2. The molecule has 1 heterocycles. The maximum absolute atomic E-state index is 11.8. The molecule has 0 saturated carbocycles. The van der Waals surface area contributed by atoms with Crippen LogP contribution in [0.3, 0.4) is 0 Å². The summed E-state index contributed by atoms with van der Waals surface area (Å²) >= 11 is 0. The summed E-state index contributed by atoms with van der Waals surface area (Å²) in [4.78, 5) is 11.8. The van der Waals surface area contributed by atoms with Crippen LogP contribution in [0.2, 0.25) is 0 Å². The Hall–Kier alpha value is -3.48. The minimum Gasteiger partial charge on any atom is -0.493 e. The fourth-order valence-corrected chi connectivity index (χ4v) is 3.26. The summed E-state index contributed by atoms with van der Waals surface area (Å²) < 4.78 is 17.4. The Morgan fingerprint density at radius 3 is 2.59 bits per heavy atom. The van der Waals surface area contributed by atoms with Gasteiger partial charge in [0.25, 0.3) is 0 Å². The zero-order valence-electron chi connectivity index (χ0n) is 17.1. The molecule has 1 aromatic heterocycles. The Labute approximate surface area is 169 Å². The van der Waals surface area contributed by atoms with Crippen LogP contribution in [0.5, 0.6) is 11.5 Å². The van der Waals surface area contributed by atoms with E-state index in [-0.39, 0.29) is 12.5 Å². The van der Waals surface area contributed by atoms with Gasteiger partial charge < -0.3 is 24.2 Å². The third-order valence-electron chi connectivity index (χ3n) is 4.81. The van der Waals surface area contributed by atoms with E-state index in [1.165, 1.54) is 7.11 Å². The second-order valence-electron chi connectivity index (χ2n) is 6.46. The highest BCUT2D eigenvalue weighted by Crippen LogP contribution is 2.27. The number of aromatic nitrogens is 1. The number of para-hydroxylation sites is 1. The molecule has 0 radical (unpaired) electrons. The SMILES string of the molecule is COC(=O)Cn1c(C)c(/C=N\NCc2ccc(OC)c(OC)c2)c2ccccc21. The predicted molar refractivity (Wildman–Crippen MR) is 113 cm³/mol. The molecule has 3 aromatic rings. The van der Waals surface area contributed by atoms with Gasteiger partial charge in [-0.25, -0.2) is 0 Å². The fraction of sp³-hybridized carbons (Fsp3) is 0.273. The van der Waals surface area contributed by atoms with Gasteiger partial charge in [0, 0.05) is 22.2 Å². The molecule has 7 nitrogen and oxygen atoms in total. The number of carbonyl (C=O) groups is 1. The van der Waals surface area contributed by atoms with E-state index in [1.807, 2.05) is 54.0 Å². The van der Waals surface area contributed by atoms with Crippen LogP contribution in [-0.4, -0.2) is 38.1 Å². The van der Waals surface area contributed by atoms with Crippen LogP contribution in [0.1, 0.15) is 16.8 Å². The molecule has 2 aromatic carbocycles. The Bertz CT molecular complexity index is 1040. The summed E-state index contributed by atoms with van der Waals surface area (Å²) in [5.41, 5.74) is 6.97. The quantitative estimate of drug-likeness (QED) is 0.360. The average molecular weight is 395 g/mol. The molecule has 7 heteroatoms. The standard InChI is InChI=1S/C22H25N3O4/c1-15-18(17-7-5-6-8-19(17)25(15)14-22(26)29-4)13-24-23-12-16-9-10-20(27-2)21(11-16)28-3/h5-11,13,23H,12,14H2,1-4H3/b24-13-. The average Bonchev–Trinajstić information content (AvgIpc) is 3.02. The first-order valence-corrected chi connectivity index (χ1v) is 9.20. The zero-order valence-corrected chi connectivity index (χ0v) is 17.1. The summed E-state index contributed by atoms with van der Waals surface area (Å²) in [5, 5.41) is 5.41. The maximum Gasteiger partial charge on any atom is 0.325 e. The van der Waals surface area contributed by atoms with Gasteiger partial charge in [0.05, 0.1) is 34.1 Å². The highest BCUT2D eigenvalue weighted by Gasteiger charge is 2.14. The van der Waals surface area contributed by atoms with Crippen molar-refractivity contribution in [2.24, 2.45) is 5.10 Å². The van der Waals surface area contributed by atoms with Crippen LogP contribution in [0.15, 0.2) is 47.6 Å². The smallest absolute Gasteiger partial charge is 0.325 e. The normalized spacial score (nSPS) is 11.0. The molecule has 0 aliphatic heterocycles. The van der Waals surface area contributed by atoms with Crippen LogP contribution >= 0.6 is 0 Å². The summed E-state index contributed by atoms with van der Waals surface area (Å²) in [5.74, 6) is 1.08. The second kappa shape index (κ2) is 9.14. The third-order valence-corrected chi connectivity index (χ3v) is 4.81. The maximum atomic E-state index is 11.8. The summed E-state index contributed by atoms with van der Waals surface area (Å²) in [6.45, 7) is 2.67. The number of rotatable bonds is 8. The van der Waals surface area contributed by atoms with Crippen molar-refractivity contribution in [3.05, 3.63) is 59.3 Å². The van der Waals surface area contributed by atoms with Crippen molar-refractivity contribution in [3.8, 4) is 11.5 Å². The number of fused-ring (bicyclic) bond motifs is 1. The third kappa shape index (κ3) is 4.34. The highest BCUT2D eigenvalue weighted by molar-refractivity contribution is 6.01. The van der Waals surface area contributed by atoms with Gasteiger partial charge in [0.2, 0.25) is 0 Å². The number of nitrogens with one attached hydrogen (secondary N) is 1. The number of hydrazone groups is 1. The van der Waals surface area contributed by atoms with Gasteiger partial charge in [0.15, 0.2) is 11.5 Å². The lowest BCUT2D eigenvalue weighted by atomic mass is 10.1. The Morgan fingerprint density at radius 2 is 1.86 bits per heavy atom. The van der Waals surface area contributed by atoms with Crippen molar-refractivity contribution in [1.82, 2.24) is 9.99 Å². The Morgan fingerprint density at radius 1 is 1.10 bits per heavy atom. The van der Waals surface area contributed by atoms with E-state index in [4.69, 9.17) is 14.2 Å². The summed E-state index contributed by atoms with van der Waals surface area (Å²) in [6, 6.07) is 13.7. The van der Waals surface area contributed by atoms with Crippen molar-refractivity contribution < 1.29 is 19.0 Å². The van der Waals surface area contributed by atoms with Gasteiger partial charge >= 0.3 is 5.97 Å². The number of hydrogen-bond acceptors (Lipinski definition) is 6. The van der Waals surface area contributed by atoms with Crippen molar-refractivity contribution in [2.45, 2.75) is 20.0 Å². The molecule has 0 saturated heterocycles. The number of hydrogen-bond donors (Lipinski definition) is 1. The van der Waals surface area contributed by atoms with E-state index in [2.05, 4.69) is 10.5 Å². The first-order chi connectivity index (χ1) is 14.1. The highest BCUT2D eigenvalue weighted by atomic mass is 16.5. The number of ether oxygens (including phenoxy) is 3. The fourth-order valence-electron chi connectivity index (χ4n) is 3.26. The van der Waals surface area contributed by atoms with Gasteiger partial charge in [-0.05, 0) is 30.7 Å². The van der Waals surface area contributed by atoms with Crippen LogP contribution < -0.4 is 14.9 Å². The molecule has 3 rings (SSSR count). The van der Waals surface area contributed by atoms with Crippen LogP contribution in [0.25, 0.3) is 10.9 Å². The molecule has 152 valence electrons. The van der Waals surface area contributed by atoms with E-state index in [0.29, 0.717) is 18.0 Å². The molecule has 0 spiro atoms. The monoisotopic (exact) mass is 395 g/mol. The number of methoxy groups -OCH3 is 3. The summed E-state index contributed by atoms with van der Waals surface area (Å²) in [6.07, 6.45) is 1.78. The molecular formula is C22H25N3O4. The van der Waals surface area contributed by atoms with E-state index >= 15 is 0 Å². The van der Waals surface area contributed by atoms with Gasteiger partial charge in [-0.15, -0.1) is 0 Å². The molecule has 0 amide bonds. The lowest BCUT2D eigenvalue weighted by molar-refractivity contribution is -0.141. The summed E-state index contributed by atoms with van der Waals surface area (Å²) in [7, 11) is 4.61. The molecule has 1 N–H and O–H groups in total. The van der Waals surface area contributed by atoms with Gasteiger partial charge in [-0.2, -0.15) is 5.10 Å². The molecular weight excluding hydrogens is 370 g/mol. The number of carbonyl (C=O) groups excluding carboxylic acids is 1. The van der Waals surface area contributed by atoms with E-state index in [1.54, 1.807) is 20.4 Å². The molecule has 29 heavy (non-hydrogen) atoms. The minimum absolute atomic E-state index is 0.162. The van der Waals surface area contributed by atoms with Crippen LogP contribution in [-0.2, 0) is 22.6 Å². The first-order valence-electron chi connectivity index (χ1n) is 9.20. The van der Waals surface area contributed by atoms with Gasteiger partial charge in [0.1, 0.15) is 6.54 Å². The van der Waals surface area contributed by atoms with E-state index in [9.17, 15) is 4.79 Å². The van der Waals surface area contributed by atoms with E-state index in [0.717, 1.165) is 27.7 Å². The zero-order chi connectivity index (χ0) is 20.8. The minimum atomic E-state index is -0.288. The Kier molecular flexibility index (Phi) is 6.39. The van der Waals surface area contributed by atoms with Crippen LogP contribution in [0.4, 0.5) is 0 Å². The van der Waals surface area contributed by atoms with E-state index < -0.39 is 0 Å².